The molecule has 1 unspecified atom stereocenters. The molecule has 1 aromatic heterocycles. The minimum Gasteiger partial charge on any atom is -0.486 e. The molecule has 1 aliphatic rings. The molecule has 1 aliphatic heterocycles. The molecule has 0 radical (unpaired) electrons. The van der Waals surface area contributed by atoms with Gasteiger partial charge in [0, 0.05) is 5.39 Å². The Morgan fingerprint density at radius 1 is 1.13 bits per heavy atom. The summed E-state index contributed by atoms with van der Waals surface area (Å²) in [6, 6.07) is 13.9. The van der Waals surface area contributed by atoms with Crippen LogP contribution in [0.15, 0.2) is 48.8 Å². The number of para-hydroxylation sites is 2. The molecule has 0 spiro atoms. The number of rotatable bonds is 3. The Morgan fingerprint density at radius 2 is 2.00 bits per heavy atom. The number of fused-ring (bicyclic) bond motifs is 2. The molecule has 0 amide bonds. The second-order valence-electron chi connectivity index (χ2n) is 5.62. The summed E-state index contributed by atoms with van der Waals surface area (Å²) in [6.07, 6.45) is 1.53. The lowest BCUT2D eigenvalue weighted by Crippen LogP contribution is -2.35. The van der Waals surface area contributed by atoms with Crippen LogP contribution in [0.3, 0.4) is 0 Å². The van der Waals surface area contributed by atoms with E-state index < -0.39 is 0 Å². The fourth-order valence-electron chi connectivity index (χ4n) is 2.68. The summed E-state index contributed by atoms with van der Waals surface area (Å²) in [7, 11) is 0. The maximum Gasteiger partial charge on any atom is 0.161 e. The second kappa shape index (κ2) is 5.76. The third-order valence-corrected chi connectivity index (χ3v) is 3.86. The Labute approximate surface area is 134 Å². The fraction of sp³-hybridized carbons (Fsp3) is 0.222. The number of nitrogens with one attached hydrogen (secondary N) is 1. The fourth-order valence-corrected chi connectivity index (χ4v) is 2.68. The van der Waals surface area contributed by atoms with Gasteiger partial charge in [-0.1, -0.05) is 18.2 Å². The first-order chi connectivity index (χ1) is 11.3. The molecule has 116 valence electrons. The van der Waals surface area contributed by atoms with Crippen LogP contribution in [-0.2, 0) is 0 Å². The zero-order valence-electron chi connectivity index (χ0n) is 12.8. The molecule has 2 aromatic carbocycles. The van der Waals surface area contributed by atoms with E-state index in [9.17, 15) is 0 Å². The summed E-state index contributed by atoms with van der Waals surface area (Å²) in [5, 5.41) is 4.36. The van der Waals surface area contributed by atoms with Gasteiger partial charge in [-0.2, -0.15) is 0 Å². The van der Waals surface area contributed by atoms with Crippen LogP contribution in [0.1, 0.15) is 5.56 Å². The van der Waals surface area contributed by atoms with E-state index >= 15 is 0 Å². The monoisotopic (exact) mass is 307 g/mol. The Hall–Kier alpha value is -2.82. The summed E-state index contributed by atoms with van der Waals surface area (Å²) in [5.41, 5.74) is 2.12. The second-order valence-corrected chi connectivity index (χ2v) is 5.62. The predicted octanol–water partition coefficient (Wildman–Crippen LogP) is 3.19. The molecule has 5 heteroatoms. The van der Waals surface area contributed by atoms with Gasteiger partial charge in [0.1, 0.15) is 24.9 Å². The first kappa shape index (κ1) is 13.8. The number of benzene rings is 2. The van der Waals surface area contributed by atoms with E-state index in [2.05, 4.69) is 34.3 Å². The number of nitrogens with zero attached hydrogens (tertiary/aromatic N) is 2. The molecular weight excluding hydrogens is 290 g/mol. The highest BCUT2D eigenvalue weighted by atomic mass is 16.6. The Balaban J connectivity index is 1.50. The van der Waals surface area contributed by atoms with Crippen molar-refractivity contribution in [2.45, 2.75) is 13.0 Å². The Morgan fingerprint density at radius 3 is 2.91 bits per heavy atom. The molecule has 5 nitrogen and oxygen atoms in total. The molecule has 0 aliphatic carbocycles. The van der Waals surface area contributed by atoms with Crippen molar-refractivity contribution in [3.63, 3.8) is 0 Å². The van der Waals surface area contributed by atoms with Crippen molar-refractivity contribution in [2.75, 3.05) is 18.5 Å². The van der Waals surface area contributed by atoms with Crippen LogP contribution in [-0.4, -0.2) is 29.2 Å². The first-order valence-electron chi connectivity index (χ1n) is 7.63. The summed E-state index contributed by atoms with van der Waals surface area (Å²) < 4.78 is 11.7. The molecule has 0 saturated carbocycles. The van der Waals surface area contributed by atoms with Crippen LogP contribution in [0.25, 0.3) is 10.9 Å². The van der Waals surface area contributed by atoms with Crippen molar-refractivity contribution in [1.29, 1.82) is 0 Å². The minimum absolute atomic E-state index is 0.0552. The molecule has 0 fully saturated rings. The molecule has 1 atom stereocenters. The summed E-state index contributed by atoms with van der Waals surface area (Å²) in [5.74, 6) is 2.40. The van der Waals surface area contributed by atoms with Crippen LogP contribution in [0.5, 0.6) is 11.5 Å². The number of aryl methyl sites for hydroxylation is 1. The van der Waals surface area contributed by atoms with E-state index in [1.807, 2.05) is 30.3 Å². The third kappa shape index (κ3) is 2.77. The molecule has 23 heavy (non-hydrogen) atoms. The zero-order valence-corrected chi connectivity index (χ0v) is 12.8. The topological polar surface area (TPSA) is 56.3 Å². The normalized spacial score (nSPS) is 16.3. The quantitative estimate of drug-likeness (QED) is 0.805. The third-order valence-electron chi connectivity index (χ3n) is 3.86. The van der Waals surface area contributed by atoms with Crippen LogP contribution < -0.4 is 14.8 Å². The zero-order chi connectivity index (χ0) is 15.6. The molecule has 2 heterocycles. The molecular formula is C18H17N3O2. The van der Waals surface area contributed by atoms with Crippen molar-refractivity contribution in [3.8, 4) is 11.5 Å². The maximum atomic E-state index is 5.95. The molecule has 4 rings (SSSR count). The van der Waals surface area contributed by atoms with E-state index in [1.165, 1.54) is 5.56 Å². The smallest absolute Gasteiger partial charge is 0.161 e. The van der Waals surface area contributed by atoms with Crippen molar-refractivity contribution >= 4 is 16.7 Å². The van der Waals surface area contributed by atoms with Crippen LogP contribution >= 0.6 is 0 Å². The van der Waals surface area contributed by atoms with Crippen molar-refractivity contribution in [1.82, 2.24) is 9.97 Å². The molecule has 0 saturated heterocycles. The summed E-state index contributed by atoms with van der Waals surface area (Å²) in [6.45, 7) is 3.19. The van der Waals surface area contributed by atoms with E-state index in [-0.39, 0.29) is 6.10 Å². The van der Waals surface area contributed by atoms with E-state index in [0.717, 1.165) is 28.2 Å². The summed E-state index contributed by atoms with van der Waals surface area (Å²) in [4.78, 5) is 8.67. The minimum atomic E-state index is -0.0552. The summed E-state index contributed by atoms with van der Waals surface area (Å²) >= 11 is 0. The van der Waals surface area contributed by atoms with Gasteiger partial charge in [-0.05, 0) is 36.8 Å². The highest BCUT2D eigenvalue weighted by molar-refractivity contribution is 5.89. The van der Waals surface area contributed by atoms with Crippen molar-refractivity contribution < 1.29 is 9.47 Å². The standard InChI is InChI=1S/C18H17N3O2/c1-12-6-7-14-15(8-12)20-11-21-18(14)19-9-13-10-22-16-4-2-3-5-17(16)23-13/h2-8,11,13H,9-10H2,1H3,(H,19,20,21). The van der Waals surface area contributed by atoms with Gasteiger partial charge >= 0.3 is 0 Å². The number of hydrogen-bond donors (Lipinski definition) is 1. The van der Waals surface area contributed by atoms with E-state index in [4.69, 9.17) is 9.47 Å². The van der Waals surface area contributed by atoms with Gasteiger partial charge in [0.2, 0.25) is 0 Å². The number of ether oxygens (including phenoxy) is 2. The van der Waals surface area contributed by atoms with Gasteiger partial charge in [-0.15, -0.1) is 0 Å². The average molecular weight is 307 g/mol. The molecule has 1 N–H and O–H groups in total. The van der Waals surface area contributed by atoms with E-state index in [0.29, 0.717) is 13.2 Å². The average Bonchev–Trinajstić information content (AvgIpc) is 2.59. The number of anilines is 1. The lowest BCUT2D eigenvalue weighted by atomic mass is 10.1. The maximum absolute atomic E-state index is 5.95. The van der Waals surface area contributed by atoms with Gasteiger partial charge < -0.3 is 14.8 Å². The number of aromatic nitrogens is 2. The van der Waals surface area contributed by atoms with Crippen LogP contribution in [0.2, 0.25) is 0 Å². The van der Waals surface area contributed by atoms with Gasteiger partial charge in [-0.3, -0.25) is 0 Å². The van der Waals surface area contributed by atoms with Gasteiger partial charge in [-0.25, -0.2) is 9.97 Å². The molecule has 0 bridgehead atoms. The predicted molar refractivity (Wildman–Crippen MR) is 89.1 cm³/mol. The van der Waals surface area contributed by atoms with Crippen molar-refractivity contribution in [2.24, 2.45) is 0 Å². The molecule has 3 aromatic rings. The van der Waals surface area contributed by atoms with Crippen LogP contribution in [0, 0.1) is 6.92 Å². The van der Waals surface area contributed by atoms with E-state index in [1.54, 1.807) is 6.33 Å². The Bertz CT molecular complexity index is 851. The SMILES string of the molecule is Cc1ccc2c(NCC3COc4ccccc4O3)ncnc2c1. The first-order valence-corrected chi connectivity index (χ1v) is 7.63. The lowest BCUT2D eigenvalue weighted by Gasteiger charge is -2.26. The van der Waals surface area contributed by atoms with Gasteiger partial charge in [0.25, 0.3) is 0 Å². The van der Waals surface area contributed by atoms with Crippen molar-refractivity contribution in [3.05, 3.63) is 54.4 Å². The highest BCUT2D eigenvalue weighted by Crippen LogP contribution is 2.31. The highest BCUT2D eigenvalue weighted by Gasteiger charge is 2.20. The van der Waals surface area contributed by atoms with Gasteiger partial charge in [0.05, 0.1) is 12.1 Å². The van der Waals surface area contributed by atoms with Gasteiger partial charge in [0.15, 0.2) is 11.5 Å². The largest absolute Gasteiger partial charge is 0.486 e. The Kier molecular flexibility index (Phi) is 3.46. The number of hydrogen-bond acceptors (Lipinski definition) is 5. The van der Waals surface area contributed by atoms with Crippen LogP contribution in [0.4, 0.5) is 5.82 Å². The lowest BCUT2D eigenvalue weighted by molar-refractivity contribution is 0.0997.